The van der Waals surface area contributed by atoms with Gasteiger partial charge in [-0.1, -0.05) is 44.0 Å². The largest absolute Gasteiger partial charge is 0.296 e. The molecule has 1 rings (SSSR count). The first kappa shape index (κ1) is 15.5. The fraction of sp³-hybridized carbons (Fsp3) is 0.500. The molecule has 0 saturated carbocycles. The van der Waals surface area contributed by atoms with E-state index in [0.717, 1.165) is 13.1 Å². The maximum absolute atomic E-state index is 12.2. The Bertz CT molecular complexity index is 418. The van der Waals surface area contributed by atoms with Crippen molar-refractivity contribution in [2.75, 3.05) is 19.6 Å². The summed E-state index contributed by atoms with van der Waals surface area (Å²) in [6.07, 6.45) is 0. The summed E-state index contributed by atoms with van der Waals surface area (Å²) in [5, 5.41) is 0.971. The number of Topliss-reactive ketones (excluding diaryl/α,β-unsaturated/α-hetero) is 1. The Labute approximate surface area is 119 Å². The summed E-state index contributed by atoms with van der Waals surface area (Å²) >= 11 is 11.9. The lowest BCUT2D eigenvalue weighted by atomic mass is 10.1. The molecule has 0 radical (unpaired) electrons. The van der Waals surface area contributed by atoms with Crippen LogP contribution in [0.15, 0.2) is 18.2 Å². The molecule has 0 aliphatic rings. The van der Waals surface area contributed by atoms with E-state index in [0.29, 0.717) is 28.1 Å². The Morgan fingerprint density at radius 1 is 1.33 bits per heavy atom. The SMILES string of the molecule is CCN(CC(=O)c1ccc(Cl)cc1Cl)CC(C)C. The Hall–Kier alpha value is -0.570. The third-order valence-electron chi connectivity index (χ3n) is 2.67. The smallest absolute Gasteiger partial charge is 0.178 e. The average molecular weight is 288 g/mol. The van der Waals surface area contributed by atoms with Crippen molar-refractivity contribution in [1.82, 2.24) is 4.90 Å². The molecule has 0 unspecified atom stereocenters. The van der Waals surface area contributed by atoms with Crippen LogP contribution in [0.2, 0.25) is 10.0 Å². The van der Waals surface area contributed by atoms with Crippen LogP contribution in [-0.2, 0) is 0 Å². The number of hydrogen-bond acceptors (Lipinski definition) is 2. The van der Waals surface area contributed by atoms with Crippen molar-refractivity contribution < 1.29 is 4.79 Å². The second-order valence-corrected chi connectivity index (χ2v) is 5.61. The van der Waals surface area contributed by atoms with Gasteiger partial charge in [-0.2, -0.15) is 0 Å². The molecule has 0 fully saturated rings. The van der Waals surface area contributed by atoms with Crippen molar-refractivity contribution in [3.63, 3.8) is 0 Å². The number of likely N-dealkylation sites (N-methyl/N-ethyl adjacent to an activating group) is 1. The highest BCUT2D eigenvalue weighted by atomic mass is 35.5. The zero-order valence-electron chi connectivity index (χ0n) is 11.0. The van der Waals surface area contributed by atoms with Crippen LogP contribution in [0, 0.1) is 5.92 Å². The molecule has 0 amide bonds. The number of carbonyl (C=O) groups is 1. The number of ketones is 1. The van der Waals surface area contributed by atoms with E-state index in [2.05, 4.69) is 25.7 Å². The van der Waals surface area contributed by atoms with E-state index in [1.54, 1.807) is 18.2 Å². The van der Waals surface area contributed by atoms with Crippen molar-refractivity contribution >= 4 is 29.0 Å². The van der Waals surface area contributed by atoms with Crippen LogP contribution in [0.3, 0.4) is 0 Å². The zero-order chi connectivity index (χ0) is 13.7. The van der Waals surface area contributed by atoms with Gasteiger partial charge in [0, 0.05) is 17.1 Å². The van der Waals surface area contributed by atoms with Crippen molar-refractivity contribution in [3.8, 4) is 0 Å². The molecular formula is C14H19Cl2NO. The van der Waals surface area contributed by atoms with E-state index < -0.39 is 0 Å². The predicted molar refractivity (Wildman–Crippen MR) is 77.7 cm³/mol. The summed E-state index contributed by atoms with van der Waals surface area (Å²) in [6.45, 7) is 8.50. The first-order valence-electron chi connectivity index (χ1n) is 6.14. The van der Waals surface area contributed by atoms with E-state index >= 15 is 0 Å². The number of nitrogens with zero attached hydrogens (tertiary/aromatic N) is 1. The van der Waals surface area contributed by atoms with Crippen LogP contribution < -0.4 is 0 Å². The van der Waals surface area contributed by atoms with Gasteiger partial charge in [0.1, 0.15) is 0 Å². The third-order valence-corrected chi connectivity index (χ3v) is 3.22. The molecule has 0 aliphatic heterocycles. The number of hydrogen-bond donors (Lipinski definition) is 0. The lowest BCUT2D eigenvalue weighted by Crippen LogP contribution is -2.33. The van der Waals surface area contributed by atoms with Gasteiger partial charge in [-0.15, -0.1) is 0 Å². The van der Waals surface area contributed by atoms with E-state index in [4.69, 9.17) is 23.2 Å². The monoisotopic (exact) mass is 287 g/mol. The summed E-state index contributed by atoms with van der Waals surface area (Å²) in [5.74, 6) is 0.581. The van der Waals surface area contributed by atoms with Crippen LogP contribution in [-0.4, -0.2) is 30.3 Å². The van der Waals surface area contributed by atoms with Gasteiger partial charge >= 0.3 is 0 Å². The van der Waals surface area contributed by atoms with Crippen LogP contribution in [0.25, 0.3) is 0 Å². The molecule has 0 N–H and O–H groups in total. The molecule has 100 valence electrons. The summed E-state index contributed by atoms with van der Waals surface area (Å²) < 4.78 is 0. The summed E-state index contributed by atoms with van der Waals surface area (Å²) in [5.41, 5.74) is 0.545. The highest BCUT2D eigenvalue weighted by molar-refractivity contribution is 6.36. The quantitative estimate of drug-likeness (QED) is 0.733. The molecule has 0 saturated heterocycles. The van der Waals surface area contributed by atoms with Crippen molar-refractivity contribution in [3.05, 3.63) is 33.8 Å². The zero-order valence-corrected chi connectivity index (χ0v) is 12.6. The first-order chi connectivity index (χ1) is 8.43. The maximum Gasteiger partial charge on any atom is 0.178 e. The van der Waals surface area contributed by atoms with E-state index in [-0.39, 0.29) is 5.78 Å². The second kappa shape index (κ2) is 7.13. The fourth-order valence-corrected chi connectivity index (χ4v) is 2.34. The predicted octanol–water partition coefficient (Wildman–Crippen LogP) is 4.15. The van der Waals surface area contributed by atoms with Gasteiger partial charge in [-0.3, -0.25) is 9.69 Å². The van der Waals surface area contributed by atoms with Gasteiger partial charge in [-0.25, -0.2) is 0 Å². The van der Waals surface area contributed by atoms with Crippen LogP contribution in [0.4, 0.5) is 0 Å². The van der Waals surface area contributed by atoms with Gasteiger partial charge < -0.3 is 0 Å². The molecule has 1 aromatic rings. The molecule has 0 bridgehead atoms. The van der Waals surface area contributed by atoms with E-state index in [9.17, 15) is 4.79 Å². The van der Waals surface area contributed by atoms with E-state index in [1.165, 1.54) is 0 Å². The molecule has 18 heavy (non-hydrogen) atoms. The Morgan fingerprint density at radius 2 is 2.00 bits per heavy atom. The lowest BCUT2D eigenvalue weighted by molar-refractivity contribution is 0.0926. The Balaban J connectivity index is 2.74. The lowest BCUT2D eigenvalue weighted by Gasteiger charge is -2.21. The minimum Gasteiger partial charge on any atom is -0.296 e. The van der Waals surface area contributed by atoms with Crippen LogP contribution >= 0.6 is 23.2 Å². The molecular weight excluding hydrogens is 269 g/mol. The van der Waals surface area contributed by atoms with Gasteiger partial charge in [0.05, 0.1) is 11.6 Å². The minimum absolute atomic E-state index is 0.0409. The normalized spacial score (nSPS) is 11.3. The molecule has 0 aliphatic carbocycles. The molecule has 0 spiro atoms. The summed E-state index contributed by atoms with van der Waals surface area (Å²) in [7, 11) is 0. The molecule has 0 heterocycles. The van der Waals surface area contributed by atoms with Crippen LogP contribution in [0.1, 0.15) is 31.1 Å². The maximum atomic E-state index is 12.2. The topological polar surface area (TPSA) is 20.3 Å². The first-order valence-corrected chi connectivity index (χ1v) is 6.90. The summed E-state index contributed by atoms with van der Waals surface area (Å²) in [4.78, 5) is 14.3. The third kappa shape index (κ3) is 4.60. The second-order valence-electron chi connectivity index (χ2n) is 4.77. The number of rotatable bonds is 6. The van der Waals surface area contributed by atoms with Gasteiger partial charge in [0.2, 0.25) is 0 Å². The van der Waals surface area contributed by atoms with Crippen molar-refractivity contribution in [1.29, 1.82) is 0 Å². The van der Waals surface area contributed by atoms with Crippen molar-refractivity contribution in [2.24, 2.45) is 5.92 Å². The minimum atomic E-state index is 0.0409. The fourth-order valence-electron chi connectivity index (χ4n) is 1.83. The standard InChI is InChI=1S/C14H19Cl2NO/c1-4-17(8-10(2)3)9-14(18)12-6-5-11(15)7-13(12)16/h5-7,10H,4,8-9H2,1-3H3. The van der Waals surface area contributed by atoms with Gasteiger partial charge in [0.25, 0.3) is 0 Å². The Morgan fingerprint density at radius 3 is 2.50 bits per heavy atom. The van der Waals surface area contributed by atoms with Crippen LogP contribution in [0.5, 0.6) is 0 Å². The molecule has 0 atom stereocenters. The van der Waals surface area contributed by atoms with E-state index in [1.807, 2.05) is 0 Å². The number of benzene rings is 1. The number of halogens is 2. The Kier molecular flexibility index (Phi) is 6.13. The molecule has 4 heteroatoms. The summed E-state index contributed by atoms with van der Waals surface area (Å²) in [6, 6.07) is 4.99. The number of carbonyl (C=O) groups excluding carboxylic acids is 1. The molecule has 1 aromatic carbocycles. The van der Waals surface area contributed by atoms with Gasteiger partial charge in [-0.05, 0) is 30.7 Å². The molecule has 0 aromatic heterocycles. The molecule has 2 nitrogen and oxygen atoms in total. The highest BCUT2D eigenvalue weighted by Crippen LogP contribution is 2.21. The average Bonchev–Trinajstić information content (AvgIpc) is 2.27. The van der Waals surface area contributed by atoms with Crippen molar-refractivity contribution in [2.45, 2.75) is 20.8 Å². The van der Waals surface area contributed by atoms with Gasteiger partial charge in [0.15, 0.2) is 5.78 Å². The highest BCUT2D eigenvalue weighted by Gasteiger charge is 2.15.